The summed E-state index contributed by atoms with van der Waals surface area (Å²) in [5.41, 5.74) is 8.83. The first kappa shape index (κ1) is 18.7. The normalized spacial score (nSPS) is 11.8. The molecule has 0 aromatic heterocycles. The van der Waals surface area contributed by atoms with E-state index in [2.05, 4.69) is 0 Å². The van der Waals surface area contributed by atoms with Crippen molar-refractivity contribution in [1.82, 2.24) is 0 Å². The molecule has 1 unspecified atom stereocenters. The number of rotatable bonds is 8. The summed E-state index contributed by atoms with van der Waals surface area (Å²) < 4.78 is 5.12. The fraction of sp³-hybridized carbons (Fsp3) is 0.333. The van der Waals surface area contributed by atoms with Crippen LogP contribution >= 0.6 is 0 Å². The minimum atomic E-state index is -0.392. The lowest BCUT2D eigenvalue weighted by Gasteiger charge is -2.15. The number of Topliss-reactive ketones (excluding diaryl/α,β-unsaturated/α-hetero) is 1. The number of ketones is 1. The summed E-state index contributed by atoms with van der Waals surface area (Å²) in [4.78, 5) is 25.0. The number of esters is 1. The zero-order valence-corrected chi connectivity index (χ0v) is 14.8. The first-order valence-corrected chi connectivity index (χ1v) is 8.71. The molecule has 2 N–H and O–H groups in total. The predicted molar refractivity (Wildman–Crippen MR) is 100 cm³/mol. The van der Waals surface area contributed by atoms with Crippen molar-refractivity contribution in [3.05, 3.63) is 54.1 Å². The molecule has 0 aliphatic carbocycles. The Bertz CT molecular complexity index is 722. The van der Waals surface area contributed by atoms with E-state index in [1.165, 1.54) is 0 Å². The molecule has 0 aliphatic heterocycles. The Morgan fingerprint density at radius 1 is 1.04 bits per heavy atom. The average molecular weight is 339 g/mol. The van der Waals surface area contributed by atoms with Gasteiger partial charge in [0.15, 0.2) is 5.78 Å². The van der Waals surface area contributed by atoms with Gasteiger partial charge in [-0.05, 0) is 36.6 Å². The van der Waals surface area contributed by atoms with Crippen LogP contribution in [0.25, 0.3) is 11.1 Å². The van der Waals surface area contributed by atoms with Crippen LogP contribution in [0.1, 0.15) is 43.5 Å². The van der Waals surface area contributed by atoms with E-state index in [1.807, 2.05) is 55.5 Å². The Kier molecular flexibility index (Phi) is 6.75. The van der Waals surface area contributed by atoms with E-state index in [1.54, 1.807) is 6.92 Å². The van der Waals surface area contributed by atoms with Gasteiger partial charge in [0.2, 0.25) is 0 Å². The summed E-state index contributed by atoms with van der Waals surface area (Å²) in [5, 5.41) is 0. The number of anilines is 1. The van der Waals surface area contributed by atoms with Crippen LogP contribution in [0, 0.1) is 5.92 Å². The smallest absolute Gasteiger partial charge is 0.309 e. The second-order valence-corrected chi connectivity index (χ2v) is 6.03. The average Bonchev–Trinajstić information content (AvgIpc) is 2.62. The Hall–Kier alpha value is -2.62. The summed E-state index contributed by atoms with van der Waals surface area (Å²) in [6.07, 6.45) is 1.64. The monoisotopic (exact) mass is 339 g/mol. The molecule has 0 amide bonds. The molecule has 0 fully saturated rings. The molecule has 0 saturated heterocycles. The number of hydrogen-bond acceptors (Lipinski definition) is 4. The van der Waals surface area contributed by atoms with Crippen LogP contribution in [-0.4, -0.2) is 18.4 Å². The third-order valence-electron chi connectivity index (χ3n) is 4.14. The van der Waals surface area contributed by atoms with Crippen LogP contribution in [0.2, 0.25) is 0 Å². The van der Waals surface area contributed by atoms with E-state index in [9.17, 15) is 9.59 Å². The van der Waals surface area contributed by atoms with Crippen molar-refractivity contribution >= 4 is 17.4 Å². The number of ether oxygens (including phenoxy) is 1. The Labute approximate surface area is 149 Å². The molecule has 4 heteroatoms. The molecular formula is C21H25NO3. The minimum Gasteiger partial charge on any atom is -0.466 e. The molecule has 0 aliphatic rings. The van der Waals surface area contributed by atoms with Crippen molar-refractivity contribution in [2.45, 2.75) is 33.1 Å². The maximum atomic E-state index is 12.9. The summed E-state index contributed by atoms with van der Waals surface area (Å²) in [7, 11) is 0. The van der Waals surface area contributed by atoms with Gasteiger partial charge in [-0.2, -0.15) is 0 Å². The molecule has 132 valence electrons. The largest absolute Gasteiger partial charge is 0.466 e. The van der Waals surface area contributed by atoms with Crippen molar-refractivity contribution in [3.8, 4) is 11.1 Å². The van der Waals surface area contributed by atoms with Gasteiger partial charge in [-0.25, -0.2) is 0 Å². The molecule has 2 aromatic rings. The van der Waals surface area contributed by atoms with Crippen LogP contribution in [0.5, 0.6) is 0 Å². The predicted octanol–water partition coefficient (Wildman–Crippen LogP) is 4.49. The third-order valence-corrected chi connectivity index (χ3v) is 4.14. The van der Waals surface area contributed by atoms with Gasteiger partial charge in [-0.3, -0.25) is 9.59 Å². The minimum absolute atomic E-state index is 0.0427. The van der Waals surface area contributed by atoms with Gasteiger partial charge < -0.3 is 10.5 Å². The van der Waals surface area contributed by atoms with Crippen LogP contribution in [0.3, 0.4) is 0 Å². The van der Waals surface area contributed by atoms with Crippen LogP contribution < -0.4 is 5.73 Å². The summed E-state index contributed by atoms with van der Waals surface area (Å²) in [5.74, 6) is -0.724. The number of carbonyl (C=O) groups excluding carboxylic acids is 2. The van der Waals surface area contributed by atoms with Gasteiger partial charge >= 0.3 is 5.97 Å². The van der Waals surface area contributed by atoms with Crippen LogP contribution in [0.4, 0.5) is 5.69 Å². The van der Waals surface area contributed by atoms with E-state index in [0.29, 0.717) is 24.3 Å². The van der Waals surface area contributed by atoms with Crippen molar-refractivity contribution in [3.63, 3.8) is 0 Å². The van der Waals surface area contributed by atoms with Crippen molar-refractivity contribution in [1.29, 1.82) is 0 Å². The topological polar surface area (TPSA) is 69.4 Å². The van der Waals surface area contributed by atoms with Gasteiger partial charge in [0.05, 0.1) is 12.5 Å². The SMILES string of the molecule is CCCC(CC(=O)c1ccccc1-c1ccc(N)cc1)C(=O)OCC. The molecule has 1 atom stereocenters. The third kappa shape index (κ3) is 4.92. The van der Waals surface area contributed by atoms with E-state index in [4.69, 9.17) is 10.5 Å². The number of benzene rings is 2. The van der Waals surface area contributed by atoms with Gasteiger partial charge in [-0.1, -0.05) is 49.7 Å². The zero-order chi connectivity index (χ0) is 18.2. The Morgan fingerprint density at radius 2 is 1.72 bits per heavy atom. The fourth-order valence-corrected chi connectivity index (χ4v) is 2.89. The number of carbonyl (C=O) groups is 2. The Balaban J connectivity index is 2.26. The maximum absolute atomic E-state index is 12.9. The second kappa shape index (κ2) is 9.02. The molecule has 0 spiro atoms. The molecule has 0 heterocycles. The maximum Gasteiger partial charge on any atom is 0.309 e. The molecule has 25 heavy (non-hydrogen) atoms. The van der Waals surface area contributed by atoms with E-state index >= 15 is 0 Å². The first-order valence-electron chi connectivity index (χ1n) is 8.71. The van der Waals surface area contributed by atoms with Gasteiger partial charge in [0.25, 0.3) is 0 Å². The molecule has 0 saturated carbocycles. The summed E-state index contributed by atoms with van der Waals surface area (Å²) in [6, 6.07) is 14.9. The fourth-order valence-electron chi connectivity index (χ4n) is 2.89. The summed E-state index contributed by atoms with van der Waals surface area (Å²) >= 11 is 0. The molecule has 0 bridgehead atoms. The van der Waals surface area contributed by atoms with Gasteiger partial charge in [-0.15, -0.1) is 0 Å². The van der Waals surface area contributed by atoms with Crippen molar-refractivity contribution < 1.29 is 14.3 Å². The van der Waals surface area contributed by atoms with Crippen LogP contribution in [0.15, 0.2) is 48.5 Å². The zero-order valence-electron chi connectivity index (χ0n) is 14.8. The Morgan fingerprint density at radius 3 is 2.36 bits per heavy atom. The molecule has 4 nitrogen and oxygen atoms in total. The molecule has 0 radical (unpaired) electrons. The number of hydrogen-bond donors (Lipinski definition) is 1. The molecule has 2 aromatic carbocycles. The number of nitrogens with two attached hydrogens (primary N) is 1. The van der Waals surface area contributed by atoms with E-state index in [-0.39, 0.29) is 18.2 Å². The quantitative estimate of drug-likeness (QED) is 0.437. The lowest BCUT2D eigenvalue weighted by molar-refractivity contribution is -0.148. The standard InChI is InChI=1S/C21H25NO3/c1-3-7-16(21(24)25-4-2)14-20(23)19-9-6-5-8-18(19)15-10-12-17(22)13-11-15/h5-6,8-13,16H,3-4,7,14,22H2,1-2H3. The van der Waals surface area contributed by atoms with Gasteiger partial charge in [0, 0.05) is 17.7 Å². The van der Waals surface area contributed by atoms with E-state index < -0.39 is 5.92 Å². The van der Waals surface area contributed by atoms with Crippen molar-refractivity contribution in [2.75, 3.05) is 12.3 Å². The van der Waals surface area contributed by atoms with Crippen molar-refractivity contribution in [2.24, 2.45) is 5.92 Å². The second-order valence-electron chi connectivity index (χ2n) is 6.03. The van der Waals surface area contributed by atoms with Gasteiger partial charge in [0.1, 0.15) is 0 Å². The van der Waals surface area contributed by atoms with E-state index in [0.717, 1.165) is 17.5 Å². The van der Waals surface area contributed by atoms with Crippen LogP contribution in [-0.2, 0) is 9.53 Å². The summed E-state index contributed by atoms with van der Waals surface area (Å²) in [6.45, 7) is 4.10. The highest BCUT2D eigenvalue weighted by Gasteiger charge is 2.24. The number of nitrogen functional groups attached to an aromatic ring is 1. The highest BCUT2D eigenvalue weighted by molar-refractivity contribution is 6.03. The molecular weight excluding hydrogens is 314 g/mol. The lowest BCUT2D eigenvalue weighted by Crippen LogP contribution is -2.21. The highest BCUT2D eigenvalue weighted by Crippen LogP contribution is 2.27. The highest BCUT2D eigenvalue weighted by atomic mass is 16.5. The lowest BCUT2D eigenvalue weighted by atomic mass is 9.90. The first-order chi connectivity index (χ1) is 12.1. The molecule has 2 rings (SSSR count).